The molecular weight excluding hydrogens is 327 g/mol. The highest BCUT2D eigenvalue weighted by atomic mass is 19.1. The molecule has 134 valence electrons. The molecule has 1 unspecified atom stereocenters. The van der Waals surface area contributed by atoms with Crippen LogP contribution in [0.5, 0.6) is 0 Å². The molecule has 2 N–H and O–H groups in total. The minimum Gasteiger partial charge on any atom is -0.367 e. The molecule has 0 saturated carbocycles. The van der Waals surface area contributed by atoms with Crippen molar-refractivity contribution < 1.29 is 4.39 Å². The Balaban J connectivity index is 1.85. The monoisotopic (exact) mass is 350 g/mol. The lowest BCUT2D eigenvalue weighted by Gasteiger charge is -2.15. The Morgan fingerprint density at radius 1 is 0.962 bits per heavy atom. The van der Waals surface area contributed by atoms with Crippen molar-refractivity contribution in [1.82, 2.24) is 9.97 Å². The first-order valence-electron chi connectivity index (χ1n) is 8.83. The van der Waals surface area contributed by atoms with Gasteiger partial charge in [0.05, 0.1) is 0 Å². The van der Waals surface area contributed by atoms with Crippen molar-refractivity contribution in [3.8, 4) is 11.4 Å². The maximum atomic E-state index is 13.0. The molecule has 0 bridgehead atoms. The molecule has 0 radical (unpaired) electrons. The van der Waals surface area contributed by atoms with Crippen molar-refractivity contribution in [3.63, 3.8) is 0 Å². The highest BCUT2D eigenvalue weighted by molar-refractivity contribution is 5.61. The zero-order valence-corrected chi connectivity index (χ0v) is 15.0. The number of nitrogens with one attached hydrogen (secondary N) is 2. The van der Waals surface area contributed by atoms with Crippen molar-refractivity contribution in [2.24, 2.45) is 0 Å². The zero-order valence-electron chi connectivity index (χ0n) is 15.0. The fourth-order valence-corrected chi connectivity index (χ4v) is 2.48. The first-order chi connectivity index (χ1) is 12.6. The zero-order chi connectivity index (χ0) is 18.4. The second-order valence-corrected chi connectivity index (χ2v) is 6.26. The molecule has 0 aliphatic heterocycles. The standard InChI is InChI=1S/C21H23FN4/c1-3-15(2)24-20-13-19(23-14-16-9-11-18(22)12-10-16)25-21(26-20)17-7-5-4-6-8-17/h4-13,15H,3,14H2,1-2H3,(H2,23,24,25,26). The van der Waals surface area contributed by atoms with Crippen LogP contribution in [0.3, 0.4) is 0 Å². The minimum absolute atomic E-state index is 0.234. The number of rotatable bonds is 7. The van der Waals surface area contributed by atoms with E-state index in [1.54, 1.807) is 12.1 Å². The molecule has 1 heterocycles. The molecule has 0 saturated heterocycles. The van der Waals surface area contributed by atoms with Crippen molar-refractivity contribution >= 4 is 11.6 Å². The Hall–Kier alpha value is -2.95. The van der Waals surface area contributed by atoms with Crippen LogP contribution in [0.25, 0.3) is 11.4 Å². The molecule has 0 aliphatic carbocycles. The SMILES string of the molecule is CCC(C)Nc1cc(NCc2ccc(F)cc2)nc(-c2ccccc2)n1. The lowest BCUT2D eigenvalue weighted by atomic mass is 10.2. The van der Waals surface area contributed by atoms with E-state index in [1.807, 2.05) is 36.4 Å². The second kappa shape index (κ2) is 8.43. The number of nitrogens with zero attached hydrogens (tertiary/aromatic N) is 2. The van der Waals surface area contributed by atoms with Gasteiger partial charge in [-0.3, -0.25) is 0 Å². The van der Waals surface area contributed by atoms with E-state index in [2.05, 4.69) is 34.4 Å². The Bertz CT molecular complexity index is 834. The van der Waals surface area contributed by atoms with Gasteiger partial charge in [-0.2, -0.15) is 0 Å². The van der Waals surface area contributed by atoms with Gasteiger partial charge in [-0.25, -0.2) is 14.4 Å². The number of anilines is 2. The molecule has 3 rings (SSSR count). The van der Waals surface area contributed by atoms with E-state index in [-0.39, 0.29) is 5.82 Å². The summed E-state index contributed by atoms with van der Waals surface area (Å²) in [6, 6.07) is 18.6. The van der Waals surface area contributed by atoms with Gasteiger partial charge >= 0.3 is 0 Å². The third-order valence-corrected chi connectivity index (χ3v) is 4.15. The van der Waals surface area contributed by atoms with Crippen molar-refractivity contribution in [2.75, 3.05) is 10.6 Å². The molecule has 0 spiro atoms. The Morgan fingerprint density at radius 2 is 1.65 bits per heavy atom. The minimum atomic E-state index is -0.234. The smallest absolute Gasteiger partial charge is 0.163 e. The lowest BCUT2D eigenvalue weighted by Crippen LogP contribution is -2.15. The highest BCUT2D eigenvalue weighted by Gasteiger charge is 2.09. The van der Waals surface area contributed by atoms with Crippen LogP contribution < -0.4 is 10.6 Å². The lowest BCUT2D eigenvalue weighted by molar-refractivity contribution is 0.627. The van der Waals surface area contributed by atoms with Gasteiger partial charge in [-0.1, -0.05) is 49.4 Å². The molecule has 2 aromatic carbocycles. The molecule has 3 aromatic rings. The first kappa shape index (κ1) is 17.9. The molecule has 1 atom stereocenters. The molecule has 0 aliphatic rings. The Labute approximate surface area is 153 Å². The molecule has 0 fully saturated rings. The van der Waals surface area contributed by atoms with E-state index in [0.717, 1.165) is 29.2 Å². The summed E-state index contributed by atoms with van der Waals surface area (Å²) in [7, 11) is 0. The van der Waals surface area contributed by atoms with Gasteiger partial charge in [0.1, 0.15) is 17.5 Å². The number of halogens is 1. The fraction of sp³-hybridized carbons (Fsp3) is 0.238. The highest BCUT2D eigenvalue weighted by Crippen LogP contribution is 2.21. The summed E-state index contributed by atoms with van der Waals surface area (Å²) in [6.45, 7) is 4.81. The summed E-state index contributed by atoms with van der Waals surface area (Å²) < 4.78 is 13.0. The van der Waals surface area contributed by atoms with E-state index < -0.39 is 0 Å². The summed E-state index contributed by atoms with van der Waals surface area (Å²) in [5.41, 5.74) is 1.95. The van der Waals surface area contributed by atoms with Crippen molar-refractivity contribution in [2.45, 2.75) is 32.9 Å². The predicted molar refractivity (Wildman–Crippen MR) is 105 cm³/mol. The average molecular weight is 350 g/mol. The quantitative estimate of drug-likeness (QED) is 0.622. The average Bonchev–Trinajstić information content (AvgIpc) is 2.68. The van der Waals surface area contributed by atoms with Crippen LogP contribution in [0.4, 0.5) is 16.0 Å². The molecule has 26 heavy (non-hydrogen) atoms. The summed E-state index contributed by atoms with van der Waals surface area (Å²) >= 11 is 0. The summed E-state index contributed by atoms with van der Waals surface area (Å²) in [6.07, 6.45) is 1.00. The second-order valence-electron chi connectivity index (χ2n) is 6.26. The Kier molecular flexibility index (Phi) is 5.79. The number of hydrogen-bond donors (Lipinski definition) is 2. The molecule has 0 amide bonds. The van der Waals surface area contributed by atoms with E-state index >= 15 is 0 Å². The van der Waals surface area contributed by atoms with Crippen LogP contribution in [0.15, 0.2) is 60.7 Å². The van der Waals surface area contributed by atoms with Crippen LogP contribution in [0.1, 0.15) is 25.8 Å². The van der Waals surface area contributed by atoms with Gasteiger partial charge in [-0.05, 0) is 31.0 Å². The van der Waals surface area contributed by atoms with Crippen molar-refractivity contribution in [3.05, 3.63) is 72.0 Å². The summed E-state index contributed by atoms with van der Waals surface area (Å²) in [4.78, 5) is 9.28. The normalized spacial score (nSPS) is 11.8. The third kappa shape index (κ3) is 4.79. The first-order valence-corrected chi connectivity index (χ1v) is 8.83. The molecular formula is C21H23FN4. The van der Waals surface area contributed by atoms with E-state index in [1.165, 1.54) is 12.1 Å². The fourth-order valence-electron chi connectivity index (χ4n) is 2.48. The van der Waals surface area contributed by atoms with Gasteiger partial charge in [0, 0.05) is 24.2 Å². The van der Waals surface area contributed by atoms with E-state index in [9.17, 15) is 4.39 Å². The van der Waals surface area contributed by atoms with Gasteiger partial charge in [0.25, 0.3) is 0 Å². The van der Waals surface area contributed by atoms with E-state index in [0.29, 0.717) is 18.4 Å². The van der Waals surface area contributed by atoms with Crippen LogP contribution in [0, 0.1) is 5.82 Å². The number of hydrogen-bond acceptors (Lipinski definition) is 4. The Morgan fingerprint density at radius 3 is 2.35 bits per heavy atom. The maximum Gasteiger partial charge on any atom is 0.163 e. The van der Waals surface area contributed by atoms with Gasteiger partial charge < -0.3 is 10.6 Å². The predicted octanol–water partition coefficient (Wildman–Crippen LogP) is 5.11. The van der Waals surface area contributed by atoms with Crippen molar-refractivity contribution in [1.29, 1.82) is 0 Å². The summed E-state index contributed by atoms with van der Waals surface area (Å²) in [5, 5.41) is 6.72. The third-order valence-electron chi connectivity index (χ3n) is 4.15. The molecule has 5 heteroatoms. The molecule has 1 aromatic heterocycles. The molecule has 4 nitrogen and oxygen atoms in total. The topological polar surface area (TPSA) is 49.8 Å². The van der Waals surface area contributed by atoms with Gasteiger partial charge in [0.15, 0.2) is 5.82 Å². The van der Waals surface area contributed by atoms with Crippen LogP contribution in [0.2, 0.25) is 0 Å². The van der Waals surface area contributed by atoms with Gasteiger partial charge in [-0.15, -0.1) is 0 Å². The number of benzene rings is 2. The maximum absolute atomic E-state index is 13.0. The van der Waals surface area contributed by atoms with Crippen LogP contribution >= 0.6 is 0 Å². The number of aromatic nitrogens is 2. The van der Waals surface area contributed by atoms with Gasteiger partial charge in [0.2, 0.25) is 0 Å². The summed E-state index contributed by atoms with van der Waals surface area (Å²) in [5.74, 6) is 1.95. The van der Waals surface area contributed by atoms with Crippen LogP contribution in [-0.2, 0) is 6.54 Å². The van der Waals surface area contributed by atoms with Crippen LogP contribution in [-0.4, -0.2) is 16.0 Å². The van der Waals surface area contributed by atoms with E-state index in [4.69, 9.17) is 0 Å². The largest absolute Gasteiger partial charge is 0.367 e.